The first kappa shape index (κ1) is 24.6. The Labute approximate surface area is 216 Å². The average molecular weight is 506 g/mol. The molecule has 1 fully saturated rings. The maximum Gasteiger partial charge on any atom is 0.220 e. The highest BCUT2D eigenvalue weighted by Gasteiger charge is 2.22. The molecule has 0 saturated carbocycles. The summed E-state index contributed by atoms with van der Waals surface area (Å²) >= 11 is 1.97. The average Bonchev–Trinajstić information content (AvgIpc) is 3.27. The van der Waals surface area contributed by atoms with Crippen LogP contribution < -0.4 is 16.0 Å². The molecule has 0 bridgehead atoms. The van der Waals surface area contributed by atoms with Crippen LogP contribution in [-0.2, 0) is 4.79 Å². The first-order chi connectivity index (χ1) is 17.5. The number of amides is 1. The van der Waals surface area contributed by atoms with Gasteiger partial charge in [-0.05, 0) is 62.0 Å². The summed E-state index contributed by atoms with van der Waals surface area (Å²) in [6.07, 6.45) is 7.05. The van der Waals surface area contributed by atoms with E-state index in [9.17, 15) is 4.79 Å². The zero-order valence-electron chi connectivity index (χ0n) is 21.4. The second-order valence-corrected chi connectivity index (χ2v) is 11.0. The Kier molecular flexibility index (Phi) is 7.46. The van der Waals surface area contributed by atoms with E-state index in [0.717, 1.165) is 60.7 Å². The minimum absolute atomic E-state index is 0.128. The fourth-order valence-corrected chi connectivity index (χ4v) is 5.97. The number of thioether (sulfide) groups is 1. The molecule has 1 aromatic carbocycles. The monoisotopic (exact) mass is 505 g/mol. The number of anilines is 1. The van der Waals surface area contributed by atoms with E-state index < -0.39 is 0 Å². The molecule has 0 atom stereocenters. The largest absolute Gasteiger partial charge is 0.381 e. The van der Waals surface area contributed by atoms with Crippen LogP contribution in [0.4, 0.5) is 5.82 Å². The standard InChI is InChI=1S/C27H35N7OS/c1-17(2)15-24(35)28-11-4-5-12-30-26-27-33-32-18(3)34(27)22-9-8-19(16-21(22)31-26)25-20-7-6-14-36-23(20)10-13-29-25/h8-10,16-17,29H,4-7,11-15H2,1-3H3,(H,28,35)(H,30,31). The predicted octanol–water partition coefficient (Wildman–Crippen LogP) is 4.67. The molecule has 2 aromatic heterocycles. The van der Waals surface area contributed by atoms with Gasteiger partial charge in [-0.15, -0.1) is 22.0 Å². The van der Waals surface area contributed by atoms with Crippen LogP contribution >= 0.6 is 11.8 Å². The lowest BCUT2D eigenvalue weighted by molar-refractivity contribution is -0.121. The predicted molar refractivity (Wildman–Crippen MR) is 148 cm³/mol. The topological polar surface area (TPSA) is 96.2 Å². The Morgan fingerprint density at radius 1 is 1.22 bits per heavy atom. The van der Waals surface area contributed by atoms with Crippen molar-refractivity contribution < 1.29 is 4.79 Å². The summed E-state index contributed by atoms with van der Waals surface area (Å²) in [5.74, 6) is 3.29. The number of aromatic nitrogens is 4. The van der Waals surface area contributed by atoms with Crippen molar-refractivity contribution in [2.24, 2.45) is 5.92 Å². The van der Waals surface area contributed by atoms with Crippen LogP contribution in [0.2, 0.25) is 0 Å². The zero-order chi connectivity index (χ0) is 25.1. The lowest BCUT2D eigenvalue weighted by atomic mass is 9.99. The lowest BCUT2D eigenvalue weighted by Crippen LogP contribution is -2.25. The Balaban J connectivity index is 1.35. The lowest BCUT2D eigenvalue weighted by Gasteiger charge is -2.27. The molecule has 3 aromatic rings. The zero-order valence-corrected chi connectivity index (χ0v) is 22.2. The number of hydrogen-bond donors (Lipinski definition) is 3. The summed E-state index contributed by atoms with van der Waals surface area (Å²) in [5, 5.41) is 18.8. The Hall–Kier alpha value is -3.07. The number of carbonyl (C=O) groups is 1. The maximum atomic E-state index is 11.8. The van der Waals surface area contributed by atoms with E-state index in [1.54, 1.807) is 0 Å². The Morgan fingerprint density at radius 3 is 2.94 bits per heavy atom. The Morgan fingerprint density at radius 2 is 2.08 bits per heavy atom. The molecule has 2 aliphatic heterocycles. The van der Waals surface area contributed by atoms with Crippen LogP contribution in [0.3, 0.4) is 0 Å². The number of nitrogens with zero attached hydrogens (tertiary/aromatic N) is 4. The van der Waals surface area contributed by atoms with Crippen LogP contribution in [-0.4, -0.2) is 50.9 Å². The highest BCUT2D eigenvalue weighted by molar-refractivity contribution is 8.03. The SMILES string of the molecule is Cc1nnc2c(NCCCCNC(=O)CC(C)C)nc3cc(C4=C5CCCSC5=CCN4)ccc3n12. The van der Waals surface area contributed by atoms with E-state index >= 15 is 0 Å². The van der Waals surface area contributed by atoms with Gasteiger partial charge >= 0.3 is 0 Å². The molecule has 2 aliphatic rings. The van der Waals surface area contributed by atoms with Crippen LogP contribution in [0, 0.1) is 12.8 Å². The van der Waals surface area contributed by atoms with E-state index in [1.807, 2.05) is 18.7 Å². The molecule has 0 spiro atoms. The third kappa shape index (κ3) is 5.21. The smallest absolute Gasteiger partial charge is 0.220 e. The van der Waals surface area contributed by atoms with Gasteiger partial charge in [0.25, 0.3) is 0 Å². The summed E-state index contributed by atoms with van der Waals surface area (Å²) in [6.45, 7) is 8.40. The van der Waals surface area contributed by atoms with E-state index in [-0.39, 0.29) is 5.91 Å². The molecule has 8 nitrogen and oxygen atoms in total. The second kappa shape index (κ2) is 10.9. The number of fused-ring (bicyclic) bond motifs is 4. The van der Waals surface area contributed by atoms with Crippen molar-refractivity contribution in [3.8, 4) is 0 Å². The summed E-state index contributed by atoms with van der Waals surface area (Å²) in [6, 6.07) is 6.50. The molecule has 5 rings (SSSR count). The van der Waals surface area contributed by atoms with Crippen molar-refractivity contribution in [3.05, 3.63) is 46.1 Å². The maximum absolute atomic E-state index is 11.8. The summed E-state index contributed by atoms with van der Waals surface area (Å²) in [5.41, 5.74) is 6.50. The number of aryl methyl sites for hydroxylation is 1. The van der Waals surface area contributed by atoms with Crippen molar-refractivity contribution >= 4 is 45.9 Å². The molecule has 9 heteroatoms. The number of allylic oxidation sites excluding steroid dienone is 1. The number of rotatable bonds is 9. The van der Waals surface area contributed by atoms with Gasteiger partial charge in [0.15, 0.2) is 5.82 Å². The third-order valence-electron chi connectivity index (χ3n) is 6.58. The molecule has 0 aliphatic carbocycles. The molecule has 4 heterocycles. The highest BCUT2D eigenvalue weighted by Crippen LogP contribution is 2.39. The van der Waals surface area contributed by atoms with Crippen molar-refractivity contribution in [3.63, 3.8) is 0 Å². The van der Waals surface area contributed by atoms with Crippen LogP contribution in [0.5, 0.6) is 0 Å². The fourth-order valence-electron chi connectivity index (χ4n) is 4.88. The second-order valence-electron chi connectivity index (χ2n) is 9.91. The molecule has 1 amide bonds. The van der Waals surface area contributed by atoms with E-state index in [4.69, 9.17) is 4.98 Å². The molecule has 3 N–H and O–H groups in total. The van der Waals surface area contributed by atoms with Gasteiger partial charge in [-0.2, -0.15) is 0 Å². The first-order valence-electron chi connectivity index (χ1n) is 13.0. The van der Waals surface area contributed by atoms with Crippen LogP contribution in [0.25, 0.3) is 22.4 Å². The van der Waals surface area contributed by atoms with Gasteiger partial charge in [-0.1, -0.05) is 26.0 Å². The molecule has 190 valence electrons. The minimum atomic E-state index is 0.128. The fraction of sp³-hybridized carbons (Fsp3) is 0.481. The van der Waals surface area contributed by atoms with Gasteiger partial charge in [-0.25, -0.2) is 4.98 Å². The molecular formula is C27H35N7OS. The van der Waals surface area contributed by atoms with Crippen molar-refractivity contribution in [2.45, 2.75) is 52.9 Å². The number of nitrogens with one attached hydrogen (secondary N) is 3. The van der Waals surface area contributed by atoms with E-state index in [1.165, 1.54) is 33.9 Å². The number of unbranched alkanes of at least 4 members (excludes halogenated alkanes) is 1. The third-order valence-corrected chi connectivity index (χ3v) is 7.80. The van der Waals surface area contributed by atoms with Gasteiger partial charge in [0, 0.05) is 42.2 Å². The molecular weight excluding hydrogens is 470 g/mol. The normalized spacial score (nSPS) is 15.7. The molecule has 36 heavy (non-hydrogen) atoms. The summed E-state index contributed by atoms with van der Waals surface area (Å²) < 4.78 is 2.08. The first-order valence-corrected chi connectivity index (χ1v) is 14.0. The number of dihydropyridines is 1. The highest BCUT2D eigenvalue weighted by atomic mass is 32.2. The molecule has 0 unspecified atom stereocenters. The van der Waals surface area contributed by atoms with Crippen molar-refractivity contribution in [1.82, 2.24) is 30.2 Å². The number of carbonyl (C=O) groups excluding carboxylic acids is 1. The van der Waals surface area contributed by atoms with Crippen molar-refractivity contribution in [2.75, 3.05) is 30.7 Å². The number of hydrogen-bond acceptors (Lipinski definition) is 7. The minimum Gasteiger partial charge on any atom is -0.381 e. The van der Waals surface area contributed by atoms with Gasteiger partial charge in [-0.3, -0.25) is 9.20 Å². The Bertz CT molecular complexity index is 1340. The van der Waals surface area contributed by atoms with Crippen molar-refractivity contribution in [1.29, 1.82) is 0 Å². The van der Waals surface area contributed by atoms with Crippen LogP contribution in [0.15, 0.2) is 34.8 Å². The van der Waals surface area contributed by atoms with Gasteiger partial charge in [0.1, 0.15) is 5.82 Å². The summed E-state index contributed by atoms with van der Waals surface area (Å²) in [7, 11) is 0. The van der Waals surface area contributed by atoms with Gasteiger partial charge in [0.2, 0.25) is 11.6 Å². The van der Waals surface area contributed by atoms with E-state index in [0.29, 0.717) is 18.9 Å². The van der Waals surface area contributed by atoms with E-state index in [2.05, 4.69) is 68.7 Å². The quantitative estimate of drug-likeness (QED) is 0.364. The molecule has 0 radical (unpaired) electrons. The van der Waals surface area contributed by atoms with Gasteiger partial charge < -0.3 is 16.0 Å². The molecule has 1 saturated heterocycles. The van der Waals surface area contributed by atoms with Gasteiger partial charge in [0.05, 0.1) is 11.0 Å². The number of benzene rings is 1. The summed E-state index contributed by atoms with van der Waals surface area (Å²) in [4.78, 5) is 18.2. The van der Waals surface area contributed by atoms with Crippen LogP contribution in [0.1, 0.15) is 57.3 Å².